The molecule has 3 aromatic rings. The summed E-state index contributed by atoms with van der Waals surface area (Å²) >= 11 is 0. The average molecular weight is 420 g/mol. The van der Waals surface area contributed by atoms with E-state index >= 15 is 0 Å². The minimum absolute atomic E-state index is 0.172. The Morgan fingerprint density at radius 1 is 1.19 bits per heavy atom. The van der Waals surface area contributed by atoms with Gasteiger partial charge in [0.25, 0.3) is 0 Å². The van der Waals surface area contributed by atoms with Crippen molar-refractivity contribution in [2.75, 3.05) is 25.8 Å². The Morgan fingerprint density at radius 2 is 2.03 bits per heavy atom. The van der Waals surface area contributed by atoms with Crippen LogP contribution < -0.4 is 14.8 Å². The van der Waals surface area contributed by atoms with Crippen LogP contribution in [0.4, 0.5) is 10.5 Å². The number of ether oxygens (including phenoxy) is 3. The number of nitrogens with zero attached hydrogens (tertiary/aromatic N) is 2. The van der Waals surface area contributed by atoms with E-state index in [4.69, 9.17) is 14.2 Å². The number of esters is 1. The van der Waals surface area contributed by atoms with Gasteiger partial charge in [-0.15, -0.1) is 0 Å². The third kappa shape index (κ3) is 3.33. The summed E-state index contributed by atoms with van der Waals surface area (Å²) < 4.78 is 15.8. The van der Waals surface area contributed by atoms with Gasteiger partial charge in [-0.25, -0.2) is 14.6 Å². The number of aromatic nitrogens is 2. The van der Waals surface area contributed by atoms with Crippen molar-refractivity contribution in [3.63, 3.8) is 0 Å². The number of urea groups is 1. The molecule has 158 valence electrons. The van der Waals surface area contributed by atoms with E-state index in [1.54, 1.807) is 35.5 Å². The molecule has 0 radical (unpaired) electrons. The molecule has 1 atom stereocenters. The first-order valence-electron chi connectivity index (χ1n) is 9.82. The highest BCUT2D eigenvalue weighted by molar-refractivity contribution is 6.01. The second-order valence-corrected chi connectivity index (χ2v) is 7.19. The van der Waals surface area contributed by atoms with Crippen LogP contribution in [0.5, 0.6) is 11.5 Å². The number of rotatable bonds is 3. The standard InChI is InChI=1S/C22H20N4O5/c1-29-21(27)14-4-2-3-5-15(14)25-22(28)26-9-8-16-19(24-11-23-16)20(26)13-6-7-17-18(10-13)31-12-30-17/h2-7,10-11,20H,8-9,12H2,1H3,(H,23,24)(H,25,28)/t20-/m1/s1. The Morgan fingerprint density at radius 3 is 2.90 bits per heavy atom. The number of benzene rings is 2. The number of amides is 2. The molecule has 0 fully saturated rings. The van der Waals surface area contributed by atoms with Gasteiger partial charge in [-0.2, -0.15) is 0 Å². The molecule has 3 heterocycles. The molecule has 9 nitrogen and oxygen atoms in total. The largest absolute Gasteiger partial charge is 0.465 e. The summed E-state index contributed by atoms with van der Waals surface area (Å²) in [6.45, 7) is 0.645. The average Bonchev–Trinajstić information content (AvgIpc) is 3.46. The molecule has 0 bridgehead atoms. The predicted octanol–water partition coefficient (Wildman–Crippen LogP) is 3.10. The van der Waals surface area contributed by atoms with Gasteiger partial charge in [-0.3, -0.25) is 0 Å². The van der Waals surface area contributed by atoms with E-state index in [1.165, 1.54) is 7.11 Å². The molecular weight excluding hydrogens is 400 g/mol. The van der Waals surface area contributed by atoms with Crippen LogP contribution in [0.3, 0.4) is 0 Å². The number of imidazole rings is 1. The van der Waals surface area contributed by atoms with E-state index in [2.05, 4.69) is 15.3 Å². The number of carbonyl (C=O) groups is 2. The molecule has 2 aliphatic rings. The Hall–Kier alpha value is -4.01. The van der Waals surface area contributed by atoms with Gasteiger partial charge in [0.05, 0.1) is 30.4 Å². The lowest BCUT2D eigenvalue weighted by molar-refractivity contribution is 0.0602. The molecule has 0 unspecified atom stereocenters. The van der Waals surface area contributed by atoms with Gasteiger partial charge in [-0.05, 0) is 29.8 Å². The zero-order valence-electron chi connectivity index (χ0n) is 16.8. The fourth-order valence-electron chi connectivity index (χ4n) is 3.98. The number of nitrogens with one attached hydrogen (secondary N) is 2. The van der Waals surface area contributed by atoms with Crippen LogP contribution in [0.1, 0.15) is 33.4 Å². The van der Waals surface area contributed by atoms with Crippen molar-refractivity contribution in [2.24, 2.45) is 0 Å². The molecule has 9 heteroatoms. The number of hydrogen-bond donors (Lipinski definition) is 2. The third-order valence-corrected chi connectivity index (χ3v) is 5.47. The van der Waals surface area contributed by atoms with Gasteiger partial charge < -0.3 is 29.4 Å². The Kier molecular flexibility index (Phi) is 4.70. The normalized spacial score (nSPS) is 16.5. The number of aromatic amines is 1. The molecule has 0 saturated carbocycles. The van der Waals surface area contributed by atoms with Crippen LogP contribution >= 0.6 is 0 Å². The van der Waals surface area contributed by atoms with Crippen molar-refractivity contribution in [3.05, 3.63) is 71.3 Å². The SMILES string of the molecule is COC(=O)c1ccccc1NC(=O)N1CCc2[nH]cnc2[C@H]1c1ccc2c(c1)OCO2. The second kappa shape index (κ2) is 7.67. The highest BCUT2D eigenvalue weighted by atomic mass is 16.7. The lowest BCUT2D eigenvalue weighted by Crippen LogP contribution is -2.43. The molecule has 5 rings (SSSR count). The van der Waals surface area contributed by atoms with Gasteiger partial charge in [-0.1, -0.05) is 18.2 Å². The molecule has 2 amide bonds. The highest BCUT2D eigenvalue weighted by Crippen LogP contribution is 2.39. The van der Waals surface area contributed by atoms with Crippen molar-refractivity contribution in [3.8, 4) is 11.5 Å². The highest BCUT2D eigenvalue weighted by Gasteiger charge is 2.35. The lowest BCUT2D eigenvalue weighted by atomic mass is 9.95. The van der Waals surface area contributed by atoms with Crippen LogP contribution in [-0.4, -0.2) is 47.3 Å². The van der Waals surface area contributed by atoms with Crippen molar-refractivity contribution in [1.29, 1.82) is 0 Å². The first-order valence-corrected chi connectivity index (χ1v) is 9.82. The Labute approximate surface area is 177 Å². The van der Waals surface area contributed by atoms with Crippen LogP contribution in [-0.2, 0) is 11.2 Å². The monoisotopic (exact) mass is 420 g/mol. The van der Waals surface area contributed by atoms with Crippen molar-refractivity contribution < 1.29 is 23.8 Å². The number of fused-ring (bicyclic) bond motifs is 2. The van der Waals surface area contributed by atoms with Crippen LogP contribution in [0.25, 0.3) is 0 Å². The summed E-state index contributed by atoms with van der Waals surface area (Å²) in [5, 5.41) is 2.86. The predicted molar refractivity (Wildman–Crippen MR) is 110 cm³/mol. The van der Waals surface area contributed by atoms with Gasteiger partial charge in [0.15, 0.2) is 11.5 Å². The summed E-state index contributed by atoms with van der Waals surface area (Å²) in [4.78, 5) is 34.8. The van der Waals surface area contributed by atoms with Crippen LogP contribution in [0, 0.1) is 0 Å². The summed E-state index contributed by atoms with van der Waals surface area (Å²) in [5.74, 6) is 0.790. The maximum Gasteiger partial charge on any atom is 0.339 e. The Balaban J connectivity index is 1.49. The van der Waals surface area contributed by atoms with E-state index in [1.807, 2.05) is 18.2 Å². The fraction of sp³-hybridized carbons (Fsp3) is 0.227. The molecule has 0 aliphatic carbocycles. The topological polar surface area (TPSA) is 106 Å². The molecule has 31 heavy (non-hydrogen) atoms. The zero-order valence-corrected chi connectivity index (χ0v) is 16.8. The summed E-state index contributed by atoms with van der Waals surface area (Å²) in [6, 6.07) is 11.6. The van der Waals surface area contributed by atoms with Crippen molar-refractivity contribution >= 4 is 17.7 Å². The second-order valence-electron chi connectivity index (χ2n) is 7.19. The smallest absolute Gasteiger partial charge is 0.339 e. The van der Waals surface area contributed by atoms with Gasteiger partial charge >= 0.3 is 12.0 Å². The summed E-state index contributed by atoms with van der Waals surface area (Å²) in [5.41, 5.74) is 3.30. The van der Waals surface area contributed by atoms with Gasteiger partial charge in [0.2, 0.25) is 6.79 Å². The van der Waals surface area contributed by atoms with E-state index in [0.29, 0.717) is 30.2 Å². The molecule has 0 saturated heterocycles. The summed E-state index contributed by atoms with van der Waals surface area (Å²) in [7, 11) is 1.31. The number of hydrogen-bond acceptors (Lipinski definition) is 6. The molecule has 1 aromatic heterocycles. The van der Waals surface area contributed by atoms with E-state index in [0.717, 1.165) is 17.0 Å². The van der Waals surface area contributed by atoms with Crippen molar-refractivity contribution in [2.45, 2.75) is 12.5 Å². The minimum atomic E-state index is -0.517. The minimum Gasteiger partial charge on any atom is -0.465 e. The zero-order chi connectivity index (χ0) is 21.4. The molecule has 2 aromatic carbocycles. The van der Waals surface area contributed by atoms with E-state index in [9.17, 15) is 9.59 Å². The van der Waals surface area contributed by atoms with Crippen molar-refractivity contribution in [1.82, 2.24) is 14.9 Å². The molecule has 2 aliphatic heterocycles. The number of para-hydroxylation sites is 1. The van der Waals surface area contributed by atoms with Crippen LogP contribution in [0.15, 0.2) is 48.8 Å². The molecular formula is C22H20N4O5. The first kappa shape index (κ1) is 19.0. The first-order chi connectivity index (χ1) is 15.2. The Bertz CT molecular complexity index is 1160. The third-order valence-electron chi connectivity index (χ3n) is 5.47. The lowest BCUT2D eigenvalue weighted by Gasteiger charge is -2.35. The van der Waals surface area contributed by atoms with E-state index < -0.39 is 12.0 Å². The van der Waals surface area contributed by atoms with E-state index in [-0.39, 0.29) is 18.4 Å². The maximum absolute atomic E-state index is 13.3. The van der Waals surface area contributed by atoms with Gasteiger partial charge in [0.1, 0.15) is 6.04 Å². The van der Waals surface area contributed by atoms with Gasteiger partial charge in [0, 0.05) is 18.7 Å². The number of H-pyrrole nitrogens is 1. The van der Waals surface area contributed by atoms with Crippen LogP contribution in [0.2, 0.25) is 0 Å². The number of methoxy groups -OCH3 is 1. The molecule has 0 spiro atoms. The quantitative estimate of drug-likeness (QED) is 0.631. The maximum atomic E-state index is 13.3. The molecule has 2 N–H and O–H groups in total. The number of anilines is 1. The fourth-order valence-corrected chi connectivity index (χ4v) is 3.98. The summed E-state index contributed by atoms with van der Waals surface area (Å²) in [6.07, 6.45) is 2.28. The number of carbonyl (C=O) groups excluding carboxylic acids is 2.